The maximum Gasteiger partial charge on any atom is 0.119 e. The molecule has 2 rings (SSSR count). The van der Waals surface area contributed by atoms with E-state index in [4.69, 9.17) is 16.3 Å². The summed E-state index contributed by atoms with van der Waals surface area (Å²) in [5.41, 5.74) is 3.58. The topological polar surface area (TPSA) is 21.3 Å². The Morgan fingerprint density at radius 3 is 2.43 bits per heavy atom. The predicted molar refractivity (Wildman–Crippen MR) is 89.3 cm³/mol. The number of aryl methyl sites for hydroxylation is 1. The molecule has 0 fully saturated rings. The summed E-state index contributed by atoms with van der Waals surface area (Å²) in [4.78, 5) is 0. The number of likely N-dealkylation sites (N-methyl/N-ethyl adjacent to an activating group) is 1. The summed E-state index contributed by atoms with van der Waals surface area (Å²) < 4.78 is 5.48. The van der Waals surface area contributed by atoms with E-state index < -0.39 is 0 Å². The first-order valence-corrected chi connectivity index (χ1v) is 7.67. The molecule has 3 heteroatoms. The third-order valence-corrected chi connectivity index (χ3v) is 3.93. The summed E-state index contributed by atoms with van der Waals surface area (Å²) in [5, 5.41) is 4.20. The number of rotatable bonds is 6. The largest absolute Gasteiger partial charge is 0.494 e. The van der Waals surface area contributed by atoms with Crippen molar-refractivity contribution < 1.29 is 4.74 Å². The van der Waals surface area contributed by atoms with Crippen LogP contribution in [0.5, 0.6) is 5.75 Å². The summed E-state index contributed by atoms with van der Waals surface area (Å²) in [6.07, 6.45) is 0.865. The van der Waals surface area contributed by atoms with Crippen LogP contribution in [0.25, 0.3) is 0 Å². The maximum absolute atomic E-state index is 6.34. The fraction of sp³-hybridized carbons (Fsp3) is 0.333. The number of hydrogen-bond donors (Lipinski definition) is 1. The SMILES string of the molecule is CCOc1ccc(C(Cc2ccc(C)cc2Cl)NC)cc1. The van der Waals surface area contributed by atoms with Gasteiger partial charge in [0.1, 0.15) is 5.75 Å². The molecule has 1 N–H and O–H groups in total. The van der Waals surface area contributed by atoms with E-state index in [1.165, 1.54) is 11.1 Å². The molecular formula is C18H22ClNO. The lowest BCUT2D eigenvalue weighted by molar-refractivity contribution is 0.340. The summed E-state index contributed by atoms with van der Waals surface area (Å²) in [6.45, 7) is 4.73. The lowest BCUT2D eigenvalue weighted by Gasteiger charge is -2.18. The molecule has 0 saturated carbocycles. The lowest BCUT2D eigenvalue weighted by atomic mass is 9.98. The van der Waals surface area contributed by atoms with Gasteiger partial charge in [0, 0.05) is 11.1 Å². The van der Waals surface area contributed by atoms with Crippen molar-refractivity contribution in [2.24, 2.45) is 0 Å². The second-order valence-corrected chi connectivity index (χ2v) is 5.55. The number of benzene rings is 2. The molecule has 0 bridgehead atoms. The molecule has 0 aromatic heterocycles. The highest BCUT2D eigenvalue weighted by Crippen LogP contribution is 2.25. The Balaban J connectivity index is 2.15. The first-order valence-electron chi connectivity index (χ1n) is 7.29. The Kier molecular flexibility index (Phi) is 5.66. The second-order valence-electron chi connectivity index (χ2n) is 5.14. The maximum atomic E-state index is 6.34. The number of nitrogens with one attached hydrogen (secondary N) is 1. The monoisotopic (exact) mass is 303 g/mol. The van der Waals surface area contributed by atoms with E-state index in [9.17, 15) is 0 Å². The van der Waals surface area contributed by atoms with Gasteiger partial charge in [0.25, 0.3) is 0 Å². The Bertz CT molecular complexity index is 580. The minimum absolute atomic E-state index is 0.237. The van der Waals surface area contributed by atoms with Crippen LogP contribution >= 0.6 is 11.6 Å². The van der Waals surface area contributed by atoms with Crippen molar-refractivity contribution in [2.45, 2.75) is 26.3 Å². The zero-order valence-electron chi connectivity index (χ0n) is 12.8. The quantitative estimate of drug-likeness (QED) is 0.845. The van der Waals surface area contributed by atoms with Gasteiger partial charge in [-0.2, -0.15) is 0 Å². The summed E-state index contributed by atoms with van der Waals surface area (Å²) in [6, 6.07) is 14.7. The van der Waals surface area contributed by atoms with Crippen LogP contribution in [0, 0.1) is 6.92 Å². The molecule has 0 heterocycles. The molecule has 0 aliphatic heterocycles. The lowest BCUT2D eigenvalue weighted by Crippen LogP contribution is -2.19. The van der Waals surface area contributed by atoms with Gasteiger partial charge < -0.3 is 10.1 Å². The number of ether oxygens (including phenoxy) is 1. The smallest absolute Gasteiger partial charge is 0.119 e. The van der Waals surface area contributed by atoms with Crippen LogP contribution < -0.4 is 10.1 Å². The van der Waals surface area contributed by atoms with Crippen molar-refractivity contribution in [2.75, 3.05) is 13.7 Å². The van der Waals surface area contributed by atoms with Crippen molar-refractivity contribution in [1.82, 2.24) is 5.32 Å². The first-order chi connectivity index (χ1) is 10.1. The highest BCUT2D eigenvalue weighted by molar-refractivity contribution is 6.31. The van der Waals surface area contributed by atoms with Crippen molar-refractivity contribution in [3.05, 3.63) is 64.2 Å². The van der Waals surface area contributed by atoms with E-state index in [1.54, 1.807) is 0 Å². The van der Waals surface area contributed by atoms with Gasteiger partial charge in [0.2, 0.25) is 0 Å². The molecule has 0 saturated heterocycles. The van der Waals surface area contributed by atoms with E-state index in [-0.39, 0.29) is 6.04 Å². The zero-order valence-corrected chi connectivity index (χ0v) is 13.6. The van der Waals surface area contributed by atoms with Crippen molar-refractivity contribution in [3.63, 3.8) is 0 Å². The van der Waals surface area contributed by atoms with Crippen LogP contribution in [0.3, 0.4) is 0 Å². The molecule has 1 atom stereocenters. The van der Waals surface area contributed by atoms with Crippen LogP contribution in [0.15, 0.2) is 42.5 Å². The minimum atomic E-state index is 0.237. The molecule has 2 nitrogen and oxygen atoms in total. The van der Waals surface area contributed by atoms with Crippen molar-refractivity contribution in [1.29, 1.82) is 0 Å². The highest BCUT2D eigenvalue weighted by atomic mass is 35.5. The van der Waals surface area contributed by atoms with E-state index >= 15 is 0 Å². The Labute approximate surface area is 132 Å². The van der Waals surface area contributed by atoms with Gasteiger partial charge in [0.05, 0.1) is 6.61 Å². The average Bonchev–Trinajstić information content (AvgIpc) is 2.48. The van der Waals surface area contributed by atoms with Gasteiger partial charge >= 0.3 is 0 Å². The molecule has 112 valence electrons. The fourth-order valence-corrected chi connectivity index (χ4v) is 2.70. The van der Waals surface area contributed by atoms with Gasteiger partial charge in [-0.25, -0.2) is 0 Å². The Morgan fingerprint density at radius 1 is 1.14 bits per heavy atom. The van der Waals surface area contributed by atoms with Crippen LogP contribution in [0.2, 0.25) is 5.02 Å². The molecule has 2 aromatic carbocycles. The standard InChI is InChI=1S/C18H22ClNO/c1-4-21-16-9-7-14(8-10-16)18(20-3)12-15-6-5-13(2)11-17(15)19/h5-11,18,20H,4,12H2,1-3H3. The minimum Gasteiger partial charge on any atom is -0.494 e. The highest BCUT2D eigenvalue weighted by Gasteiger charge is 2.12. The van der Waals surface area contributed by atoms with Crippen molar-refractivity contribution in [3.8, 4) is 5.75 Å². The van der Waals surface area contributed by atoms with Gasteiger partial charge in [-0.1, -0.05) is 35.9 Å². The molecular weight excluding hydrogens is 282 g/mol. The van der Waals surface area contributed by atoms with Crippen LogP contribution in [-0.2, 0) is 6.42 Å². The van der Waals surface area contributed by atoms with Gasteiger partial charge in [-0.15, -0.1) is 0 Å². The molecule has 0 spiro atoms. The molecule has 21 heavy (non-hydrogen) atoms. The molecule has 2 aromatic rings. The van der Waals surface area contributed by atoms with Gasteiger partial charge in [-0.05, 0) is 62.2 Å². The Morgan fingerprint density at radius 2 is 1.86 bits per heavy atom. The normalized spacial score (nSPS) is 12.2. The third-order valence-electron chi connectivity index (χ3n) is 3.57. The fourth-order valence-electron chi connectivity index (χ4n) is 2.39. The second kappa shape index (κ2) is 7.48. The number of halogens is 1. The molecule has 0 radical (unpaired) electrons. The first kappa shape index (κ1) is 15.9. The van der Waals surface area contributed by atoms with E-state index in [0.29, 0.717) is 6.61 Å². The van der Waals surface area contributed by atoms with Crippen LogP contribution in [-0.4, -0.2) is 13.7 Å². The van der Waals surface area contributed by atoms with E-state index in [0.717, 1.165) is 22.8 Å². The van der Waals surface area contributed by atoms with E-state index in [2.05, 4.69) is 36.5 Å². The Hall–Kier alpha value is -1.51. The van der Waals surface area contributed by atoms with Crippen molar-refractivity contribution >= 4 is 11.6 Å². The molecule has 0 amide bonds. The molecule has 1 unspecified atom stereocenters. The van der Waals surface area contributed by atoms with Gasteiger partial charge in [-0.3, -0.25) is 0 Å². The number of hydrogen-bond acceptors (Lipinski definition) is 2. The van der Waals surface area contributed by atoms with E-state index in [1.807, 2.05) is 32.2 Å². The molecule has 0 aliphatic rings. The molecule has 0 aliphatic carbocycles. The summed E-state index contributed by atoms with van der Waals surface area (Å²) in [5.74, 6) is 0.907. The third kappa shape index (κ3) is 4.23. The zero-order chi connectivity index (χ0) is 15.2. The van der Waals surface area contributed by atoms with Crippen LogP contribution in [0.1, 0.15) is 29.7 Å². The summed E-state index contributed by atoms with van der Waals surface area (Å²) >= 11 is 6.34. The summed E-state index contributed by atoms with van der Waals surface area (Å²) in [7, 11) is 1.98. The van der Waals surface area contributed by atoms with Crippen LogP contribution in [0.4, 0.5) is 0 Å². The van der Waals surface area contributed by atoms with Gasteiger partial charge in [0.15, 0.2) is 0 Å². The average molecular weight is 304 g/mol. The predicted octanol–water partition coefficient (Wildman–Crippen LogP) is 4.55.